The van der Waals surface area contributed by atoms with E-state index in [0.717, 1.165) is 35.5 Å². The van der Waals surface area contributed by atoms with Crippen LogP contribution >= 0.6 is 27.3 Å². The molecule has 37 heavy (non-hydrogen) atoms. The van der Waals surface area contributed by atoms with Crippen molar-refractivity contribution in [3.8, 4) is 16.2 Å². The van der Waals surface area contributed by atoms with Gasteiger partial charge in [0.05, 0.1) is 22.7 Å². The first-order valence-corrected chi connectivity index (χ1v) is 15.3. The van der Waals surface area contributed by atoms with Crippen molar-refractivity contribution in [1.82, 2.24) is 4.31 Å². The molecule has 12 heteroatoms. The van der Waals surface area contributed by atoms with Gasteiger partial charge in [0.15, 0.2) is 17.2 Å². The van der Waals surface area contributed by atoms with Crippen molar-refractivity contribution in [3.05, 3.63) is 33.6 Å². The first-order valence-electron chi connectivity index (χ1n) is 11.8. The molecule has 3 rings (SSSR count). The smallest absolute Gasteiger partial charge is 0.351 e. The van der Waals surface area contributed by atoms with Crippen LogP contribution in [0, 0.1) is 5.92 Å². The number of hydrogen-bond acceptors (Lipinski definition) is 9. The van der Waals surface area contributed by atoms with Crippen molar-refractivity contribution in [2.45, 2.75) is 39.2 Å². The van der Waals surface area contributed by atoms with E-state index in [1.807, 2.05) is 24.3 Å². The molecule has 1 N–H and O–H groups in total. The summed E-state index contributed by atoms with van der Waals surface area (Å²) in [5.74, 6) is -0.509. The number of thiophene rings is 1. The number of methoxy groups -OCH3 is 1. The minimum absolute atomic E-state index is 0.230. The molecule has 1 aromatic heterocycles. The summed E-state index contributed by atoms with van der Waals surface area (Å²) in [6.07, 6.45) is 2.85. The van der Waals surface area contributed by atoms with Gasteiger partial charge in [0.1, 0.15) is 5.60 Å². The number of hydrogen-bond donors (Lipinski definition) is 1. The molecule has 0 bridgehead atoms. The lowest BCUT2D eigenvalue weighted by molar-refractivity contribution is -0.157. The van der Waals surface area contributed by atoms with Crippen LogP contribution in [-0.4, -0.2) is 69.9 Å². The molecule has 1 saturated heterocycles. The Kier molecular flexibility index (Phi) is 9.65. The molecule has 1 aliphatic heterocycles. The maximum Gasteiger partial charge on any atom is 0.351 e. The molecule has 0 radical (unpaired) electrons. The predicted octanol–water partition coefficient (Wildman–Crippen LogP) is 4.77. The van der Waals surface area contributed by atoms with Gasteiger partial charge in [-0.15, -0.1) is 11.3 Å². The van der Waals surface area contributed by atoms with E-state index in [9.17, 15) is 18.0 Å². The lowest BCUT2D eigenvalue weighted by Gasteiger charge is -2.30. The highest BCUT2D eigenvalue weighted by molar-refractivity contribution is 9.10. The first-order chi connectivity index (χ1) is 17.3. The normalized spacial score (nSPS) is 15.3. The Hall–Kier alpha value is -2.15. The fourth-order valence-corrected chi connectivity index (χ4v) is 6.76. The molecular weight excluding hydrogens is 584 g/mol. The highest BCUT2D eigenvalue weighted by Gasteiger charge is 2.27. The van der Waals surface area contributed by atoms with Crippen molar-refractivity contribution in [3.63, 3.8) is 0 Å². The average Bonchev–Trinajstić information content (AvgIpc) is 3.16. The van der Waals surface area contributed by atoms with E-state index >= 15 is 0 Å². The van der Waals surface area contributed by atoms with Crippen LogP contribution in [0.2, 0.25) is 0 Å². The van der Waals surface area contributed by atoms with Gasteiger partial charge in [0.25, 0.3) is 0 Å². The maximum atomic E-state index is 12.5. The minimum Gasteiger partial charge on any atom is -0.479 e. The minimum atomic E-state index is -3.14. The molecule has 1 fully saturated rings. The number of benzene rings is 1. The Labute approximate surface area is 230 Å². The standard InChI is InChI=1S/C25H33BrN2O7S2/c1-25(2,3)35-19(29)15-34-21-20(26)22(36-23(21)24(30)33-4)17-7-6-8-18(13-17)27-14-16-9-11-28(12-10-16)37(5,31)32/h6-8,13,16,27H,9-12,14-15H2,1-5H3. The molecule has 0 atom stereocenters. The van der Waals surface area contributed by atoms with Gasteiger partial charge >= 0.3 is 11.9 Å². The first kappa shape index (κ1) is 29.4. The molecule has 0 unspecified atom stereocenters. The van der Waals surface area contributed by atoms with E-state index < -0.39 is 27.6 Å². The second-order valence-electron chi connectivity index (χ2n) is 9.84. The number of anilines is 1. The lowest BCUT2D eigenvalue weighted by atomic mass is 9.98. The SMILES string of the molecule is COC(=O)c1sc(-c2cccc(NCC3CCN(S(C)(=O)=O)CC3)c2)c(Br)c1OCC(=O)OC(C)(C)C. The van der Waals surface area contributed by atoms with Crippen molar-refractivity contribution in [2.24, 2.45) is 5.92 Å². The highest BCUT2D eigenvalue weighted by Crippen LogP contribution is 2.46. The summed E-state index contributed by atoms with van der Waals surface area (Å²) in [6, 6.07) is 7.76. The number of carbonyl (C=O) groups is 2. The molecular formula is C25H33BrN2O7S2. The van der Waals surface area contributed by atoms with E-state index in [0.29, 0.717) is 23.5 Å². The van der Waals surface area contributed by atoms with Crippen LogP contribution in [0.15, 0.2) is 28.7 Å². The van der Waals surface area contributed by atoms with Crippen molar-refractivity contribution < 1.29 is 32.2 Å². The number of nitrogens with one attached hydrogen (secondary N) is 1. The van der Waals surface area contributed by atoms with Crippen molar-refractivity contribution >= 4 is 54.9 Å². The zero-order valence-electron chi connectivity index (χ0n) is 21.6. The lowest BCUT2D eigenvalue weighted by Crippen LogP contribution is -2.39. The zero-order chi connectivity index (χ0) is 27.4. The molecule has 2 heterocycles. The molecule has 0 aliphatic carbocycles. The quantitative estimate of drug-likeness (QED) is 0.401. The average molecular weight is 618 g/mol. The Morgan fingerprint density at radius 3 is 2.49 bits per heavy atom. The van der Waals surface area contributed by atoms with Gasteiger partial charge in [-0.25, -0.2) is 22.3 Å². The summed E-state index contributed by atoms with van der Waals surface area (Å²) in [5.41, 5.74) is 1.10. The highest BCUT2D eigenvalue weighted by atomic mass is 79.9. The fourth-order valence-electron chi connectivity index (χ4n) is 3.92. The van der Waals surface area contributed by atoms with Crippen LogP contribution in [0.4, 0.5) is 5.69 Å². The van der Waals surface area contributed by atoms with E-state index in [-0.39, 0.29) is 17.2 Å². The number of piperidine rings is 1. The van der Waals surface area contributed by atoms with Crippen LogP contribution < -0.4 is 10.1 Å². The van der Waals surface area contributed by atoms with Gasteiger partial charge in [-0.1, -0.05) is 12.1 Å². The predicted molar refractivity (Wildman–Crippen MR) is 148 cm³/mol. The Balaban J connectivity index is 1.73. The summed E-state index contributed by atoms with van der Waals surface area (Å²) in [4.78, 5) is 25.6. The molecule has 2 aromatic rings. The van der Waals surface area contributed by atoms with Crippen LogP contribution in [0.5, 0.6) is 5.75 Å². The van der Waals surface area contributed by atoms with E-state index in [1.54, 1.807) is 20.8 Å². The van der Waals surface area contributed by atoms with Gasteiger partial charge in [0.2, 0.25) is 10.0 Å². The van der Waals surface area contributed by atoms with Gasteiger partial charge < -0.3 is 19.5 Å². The molecule has 9 nitrogen and oxygen atoms in total. The zero-order valence-corrected chi connectivity index (χ0v) is 24.8. The van der Waals surface area contributed by atoms with E-state index in [1.165, 1.54) is 29.0 Å². The largest absolute Gasteiger partial charge is 0.479 e. The Bertz CT molecular complexity index is 1230. The van der Waals surface area contributed by atoms with Crippen LogP contribution in [0.25, 0.3) is 10.4 Å². The van der Waals surface area contributed by atoms with Crippen molar-refractivity contribution in [2.75, 3.05) is 44.9 Å². The third kappa shape index (κ3) is 8.17. The van der Waals surface area contributed by atoms with E-state index in [2.05, 4.69) is 21.2 Å². The number of halogens is 1. The molecule has 0 spiro atoms. The van der Waals surface area contributed by atoms with E-state index in [4.69, 9.17) is 14.2 Å². The number of nitrogens with zero attached hydrogens (tertiary/aromatic N) is 1. The van der Waals surface area contributed by atoms with Gasteiger partial charge in [0, 0.05) is 25.3 Å². The van der Waals surface area contributed by atoms with Crippen LogP contribution in [0.1, 0.15) is 43.3 Å². The Morgan fingerprint density at radius 1 is 1.22 bits per heavy atom. The summed E-state index contributed by atoms with van der Waals surface area (Å²) < 4.78 is 41.5. The van der Waals surface area contributed by atoms with Crippen LogP contribution in [0.3, 0.4) is 0 Å². The topological polar surface area (TPSA) is 111 Å². The monoisotopic (exact) mass is 616 g/mol. The number of rotatable bonds is 9. The molecule has 0 saturated carbocycles. The summed E-state index contributed by atoms with van der Waals surface area (Å²) in [5, 5.41) is 3.45. The third-order valence-corrected chi connectivity index (χ3v) is 9.22. The number of sulfonamides is 1. The molecule has 1 aromatic carbocycles. The number of ether oxygens (including phenoxy) is 3. The van der Waals surface area contributed by atoms with Gasteiger partial charge in [-0.05, 0) is 73.2 Å². The molecule has 204 valence electrons. The van der Waals surface area contributed by atoms with Crippen LogP contribution in [-0.2, 0) is 24.3 Å². The maximum absolute atomic E-state index is 12.5. The van der Waals surface area contributed by atoms with Gasteiger partial charge in [-0.3, -0.25) is 0 Å². The molecule has 1 aliphatic rings. The second-order valence-corrected chi connectivity index (χ2v) is 13.6. The summed E-state index contributed by atoms with van der Waals surface area (Å²) in [7, 11) is -1.85. The number of esters is 2. The Morgan fingerprint density at radius 2 is 1.89 bits per heavy atom. The second kappa shape index (κ2) is 12.1. The molecule has 0 amide bonds. The third-order valence-electron chi connectivity index (χ3n) is 5.70. The summed E-state index contributed by atoms with van der Waals surface area (Å²) >= 11 is 4.75. The number of carbonyl (C=O) groups excluding carboxylic acids is 2. The van der Waals surface area contributed by atoms with Crippen molar-refractivity contribution in [1.29, 1.82) is 0 Å². The summed E-state index contributed by atoms with van der Waals surface area (Å²) in [6.45, 7) is 6.75. The fraction of sp³-hybridized carbons (Fsp3) is 0.520. The van der Waals surface area contributed by atoms with Gasteiger partial charge in [-0.2, -0.15) is 0 Å².